The molecule has 3 aromatic rings. The minimum absolute atomic E-state index is 0.327. The maximum atomic E-state index is 11.9. The van der Waals surface area contributed by atoms with Crippen molar-refractivity contribution >= 4 is 11.8 Å². The Bertz CT molecular complexity index is 895. The van der Waals surface area contributed by atoms with Crippen LogP contribution < -0.4 is 11.0 Å². The van der Waals surface area contributed by atoms with Crippen molar-refractivity contribution in [2.24, 2.45) is 0 Å². The van der Waals surface area contributed by atoms with Crippen LogP contribution >= 0.6 is 0 Å². The molecule has 0 heterocycles. The monoisotopic (exact) mass is 348 g/mol. The molecule has 0 aliphatic heterocycles. The van der Waals surface area contributed by atoms with E-state index < -0.39 is 11.8 Å². The molecule has 6 heteroatoms. The molecule has 3 aromatic carbocycles. The highest BCUT2D eigenvalue weighted by Gasteiger charge is 2.14. The van der Waals surface area contributed by atoms with E-state index in [1.54, 1.807) is 59.5 Å². The van der Waals surface area contributed by atoms with Crippen molar-refractivity contribution in [2.45, 2.75) is 0 Å². The fourth-order valence-corrected chi connectivity index (χ4v) is 2.84. The molecule has 0 fully saturated rings. The fraction of sp³-hybridized carbons (Fsp3) is 0. The summed E-state index contributed by atoms with van der Waals surface area (Å²) in [4.78, 5) is 23.8. The highest BCUT2D eigenvalue weighted by molar-refractivity contribution is 6.02. The van der Waals surface area contributed by atoms with Gasteiger partial charge in [-0.3, -0.25) is 20.0 Å². The zero-order valence-corrected chi connectivity index (χ0v) is 13.6. The van der Waals surface area contributed by atoms with Crippen LogP contribution in [0.15, 0.2) is 72.8 Å². The summed E-state index contributed by atoms with van der Waals surface area (Å²) < 4.78 is 0. The molecule has 4 N–H and O–H groups in total. The average molecular weight is 348 g/mol. The van der Waals surface area contributed by atoms with Crippen LogP contribution in [-0.4, -0.2) is 22.2 Å². The highest BCUT2D eigenvalue weighted by Crippen LogP contribution is 2.30. The van der Waals surface area contributed by atoms with Gasteiger partial charge in [-0.25, -0.2) is 11.0 Å². The normalized spacial score (nSPS) is 10.2. The lowest BCUT2D eigenvalue weighted by Gasteiger charge is -2.12. The first-order valence-corrected chi connectivity index (χ1v) is 7.83. The first-order chi connectivity index (χ1) is 12.7. The Morgan fingerprint density at radius 2 is 1.04 bits per heavy atom. The second-order valence-corrected chi connectivity index (χ2v) is 5.55. The summed E-state index contributed by atoms with van der Waals surface area (Å²) in [5, 5.41) is 17.9. The number of rotatable bonds is 4. The molecule has 130 valence electrons. The molecule has 0 aliphatic carbocycles. The van der Waals surface area contributed by atoms with Gasteiger partial charge in [-0.15, -0.1) is 0 Å². The van der Waals surface area contributed by atoms with E-state index >= 15 is 0 Å². The molecule has 2 amide bonds. The fourth-order valence-electron chi connectivity index (χ4n) is 2.84. The van der Waals surface area contributed by atoms with E-state index in [0.717, 1.165) is 11.1 Å². The number of hydroxylamine groups is 2. The van der Waals surface area contributed by atoms with Crippen molar-refractivity contribution in [3.63, 3.8) is 0 Å². The zero-order valence-electron chi connectivity index (χ0n) is 13.6. The molecule has 0 radical (unpaired) electrons. The van der Waals surface area contributed by atoms with Gasteiger partial charge in [-0.1, -0.05) is 54.6 Å². The second-order valence-electron chi connectivity index (χ2n) is 5.55. The lowest BCUT2D eigenvalue weighted by molar-refractivity contribution is 0.0703. The average Bonchev–Trinajstić information content (AvgIpc) is 2.72. The topological polar surface area (TPSA) is 98.7 Å². The summed E-state index contributed by atoms with van der Waals surface area (Å²) in [6.45, 7) is 0. The number of nitrogens with one attached hydrogen (secondary N) is 2. The van der Waals surface area contributed by atoms with E-state index in [9.17, 15) is 9.59 Å². The summed E-state index contributed by atoms with van der Waals surface area (Å²) >= 11 is 0. The van der Waals surface area contributed by atoms with Crippen molar-refractivity contribution in [1.82, 2.24) is 11.0 Å². The van der Waals surface area contributed by atoms with Crippen molar-refractivity contribution in [2.75, 3.05) is 0 Å². The summed E-state index contributed by atoms with van der Waals surface area (Å²) in [7, 11) is 0. The predicted octanol–water partition coefficient (Wildman–Crippen LogP) is 3.26. The first kappa shape index (κ1) is 17.3. The number of hydrogen-bond donors (Lipinski definition) is 4. The van der Waals surface area contributed by atoms with Crippen molar-refractivity contribution in [1.29, 1.82) is 0 Å². The third kappa shape index (κ3) is 3.32. The van der Waals surface area contributed by atoms with E-state index in [0.29, 0.717) is 22.3 Å². The van der Waals surface area contributed by atoms with Crippen LogP contribution in [0.4, 0.5) is 0 Å². The number of benzene rings is 3. The zero-order chi connectivity index (χ0) is 18.5. The van der Waals surface area contributed by atoms with Crippen LogP contribution in [0.3, 0.4) is 0 Å². The minimum Gasteiger partial charge on any atom is -0.288 e. The summed E-state index contributed by atoms with van der Waals surface area (Å²) in [6.07, 6.45) is 0. The minimum atomic E-state index is -0.605. The van der Waals surface area contributed by atoms with Crippen molar-refractivity contribution in [3.8, 4) is 22.3 Å². The Balaban J connectivity index is 2.12. The molecule has 0 saturated carbocycles. The van der Waals surface area contributed by atoms with Gasteiger partial charge in [-0.2, -0.15) is 0 Å². The van der Waals surface area contributed by atoms with Gasteiger partial charge in [0.25, 0.3) is 11.8 Å². The first-order valence-electron chi connectivity index (χ1n) is 7.83. The van der Waals surface area contributed by atoms with E-state index in [-0.39, 0.29) is 0 Å². The van der Waals surface area contributed by atoms with Gasteiger partial charge in [0.2, 0.25) is 0 Å². The predicted molar refractivity (Wildman–Crippen MR) is 95.8 cm³/mol. The molecule has 0 spiro atoms. The van der Waals surface area contributed by atoms with E-state index in [2.05, 4.69) is 0 Å². The van der Waals surface area contributed by atoms with Crippen LogP contribution in [-0.2, 0) is 0 Å². The quantitative estimate of drug-likeness (QED) is 0.430. The number of hydrogen-bond acceptors (Lipinski definition) is 4. The summed E-state index contributed by atoms with van der Waals surface area (Å²) in [5.74, 6) is -1.21. The van der Waals surface area contributed by atoms with Crippen LogP contribution in [0.2, 0.25) is 0 Å². The molecule has 3 rings (SSSR count). The maximum Gasteiger partial charge on any atom is 0.275 e. The largest absolute Gasteiger partial charge is 0.288 e. The third-order valence-electron chi connectivity index (χ3n) is 4.03. The van der Waals surface area contributed by atoms with Gasteiger partial charge >= 0.3 is 0 Å². The SMILES string of the molecule is O=C(NO)c1ccccc1-c1cccc(-c2ccccc2C(=O)NO)c1. The van der Waals surface area contributed by atoms with Crippen molar-refractivity contribution in [3.05, 3.63) is 83.9 Å². The second kappa shape index (κ2) is 7.60. The van der Waals surface area contributed by atoms with Gasteiger partial charge in [0.15, 0.2) is 0 Å². The molecule has 0 bridgehead atoms. The molecular formula is C20H16N2O4. The van der Waals surface area contributed by atoms with Gasteiger partial charge in [0.05, 0.1) is 0 Å². The Morgan fingerprint density at radius 3 is 1.46 bits per heavy atom. The Kier molecular flexibility index (Phi) is 5.07. The maximum absolute atomic E-state index is 11.9. The summed E-state index contributed by atoms with van der Waals surface area (Å²) in [5.41, 5.74) is 6.74. The lowest BCUT2D eigenvalue weighted by Crippen LogP contribution is -2.19. The molecule has 0 aromatic heterocycles. The molecule has 0 saturated heterocycles. The summed E-state index contributed by atoms with van der Waals surface area (Å²) in [6, 6.07) is 21.1. The standard InChI is InChI=1S/C20H16N2O4/c23-19(21-25)17-10-3-1-8-15(17)13-6-5-7-14(12-13)16-9-2-4-11-18(16)20(24)22-26/h1-12,25-26H,(H,21,23)(H,22,24). The molecule has 0 aliphatic rings. The Labute approximate surface area is 149 Å². The van der Waals surface area contributed by atoms with E-state index in [1.165, 1.54) is 0 Å². The van der Waals surface area contributed by atoms with Gasteiger partial charge in [0, 0.05) is 11.1 Å². The molecule has 0 atom stereocenters. The number of carbonyl (C=O) groups excluding carboxylic acids is 2. The molecular weight excluding hydrogens is 332 g/mol. The van der Waals surface area contributed by atoms with Gasteiger partial charge in [-0.05, 0) is 40.5 Å². The lowest BCUT2D eigenvalue weighted by atomic mass is 9.93. The molecule has 26 heavy (non-hydrogen) atoms. The van der Waals surface area contributed by atoms with Crippen LogP contribution in [0.25, 0.3) is 22.3 Å². The Hall–Kier alpha value is -3.48. The molecule has 6 nitrogen and oxygen atoms in total. The molecule has 0 unspecified atom stereocenters. The van der Waals surface area contributed by atoms with Gasteiger partial charge < -0.3 is 0 Å². The van der Waals surface area contributed by atoms with E-state index in [4.69, 9.17) is 10.4 Å². The van der Waals surface area contributed by atoms with E-state index in [1.807, 2.05) is 24.3 Å². The highest BCUT2D eigenvalue weighted by atomic mass is 16.5. The smallest absolute Gasteiger partial charge is 0.275 e. The van der Waals surface area contributed by atoms with Crippen LogP contribution in [0, 0.1) is 0 Å². The number of amides is 2. The van der Waals surface area contributed by atoms with Crippen LogP contribution in [0.1, 0.15) is 20.7 Å². The van der Waals surface area contributed by atoms with Crippen molar-refractivity contribution < 1.29 is 20.0 Å². The Morgan fingerprint density at radius 1 is 0.615 bits per heavy atom. The van der Waals surface area contributed by atoms with Gasteiger partial charge in [0.1, 0.15) is 0 Å². The third-order valence-corrected chi connectivity index (χ3v) is 4.03. The number of carbonyl (C=O) groups is 2. The van der Waals surface area contributed by atoms with Crippen LogP contribution in [0.5, 0.6) is 0 Å².